The van der Waals surface area contributed by atoms with Crippen molar-refractivity contribution in [2.45, 2.75) is 24.6 Å². The van der Waals surface area contributed by atoms with Gasteiger partial charge in [-0.3, -0.25) is 0 Å². The summed E-state index contributed by atoms with van der Waals surface area (Å²) in [6.45, 7) is 0.742. The second kappa shape index (κ2) is 5.61. The first-order valence-corrected chi connectivity index (χ1v) is 7.25. The minimum atomic E-state index is 0.595. The van der Waals surface area contributed by atoms with Gasteiger partial charge in [0.1, 0.15) is 5.75 Å². The Morgan fingerprint density at radius 2 is 2.06 bits per heavy atom. The number of benzene rings is 1. The summed E-state index contributed by atoms with van der Waals surface area (Å²) in [5.74, 6) is 1.64. The second-order valence-corrected chi connectivity index (χ2v) is 5.49. The minimum absolute atomic E-state index is 0.595. The fourth-order valence-electron chi connectivity index (χ4n) is 1.61. The predicted octanol–water partition coefficient (Wildman–Crippen LogP) is 5.07. The summed E-state index contributed by atoms with van der Waals surface area (Å²) in [7, 11) is 0. The lowest BCUT2D eigenvalue weighted by molar-refractivity contribution is 0.300. The quantitative estimate of drug-likeness (QED) is 0.687. The van der Waals surface area contributed by atoms with E-state index in [1.54, 1.807) is 6.07 Å². The van der Waals surface area contributed by atoms with E-state index in [-0.39, 0.29) is 0 Å². The van der Waals surface area contributed by atoms with Crippen LogP contribution in [0.2, 0.25) is 10.0 Å². The molecule has 0 N–H and O–H groups in total. The topological polar surface area (TPSA) is 9.23 Å². The van der Waals surface area contributed by atoms with Gasteiger partial charge in [0.25, 0.3) is 0 Å². The van der Waals surface area contributed by atoms with Crippen molar-refractivity contribution in [2.75, 3.05) is 6.61 Å². The van der Waals surface area contributed by atoms with Crippen LogP contribution in [0.25, 0.3) is 0 Å². The van der Waals surface area contributed by atoms with Crippen LogP contribution in [0.3, 0.4) is 0 Å². The van der Waals surface area contributed by atoms with E-state index in [9.17, 15) is 0 Å². The summed E-state index contributed by atoms with van der Waals surface area (Å²) >= 11 is 15.5. The Kier molecular flexibility index (Phi) is 4.40. The van der Waals surface area contributed by atoms with Crippen molar-refractivity contribution in [3.8, 4) is 5.75 Å². The lowest BCUT2D eigenvalue weighted by Gasteiger charge is -2.12. The highest BCUT2D eigenvalue weighted by molar-refractivity contribution is 9.08. The van der Waals surface area contributed by atoms with Crippen molar-refractivity contribution in [2.24, 2.45) is 5.92 Å². The van der Waals surface area contributed by atoms with Crippen LogP contribution in [-0.4, -0.2) is 6.61 Å². The van der Waals surface area contributed by atoms with Gasteiger partial charge in [-0.15, -0.1) is 0 Å². The summed E-state index contributed by atoms with van der Waals surface area (Å²) in [6, 6.07) is 3.61. The standard InChI is InChI=1S/C12H13BrCl2O/c13-7-9-5-10(14)6-11(15)12(9)16-4-3-8-1-2-8/h5-6,8H,1-4,7H2. The molecule has 1 aliphatic rings. The van der Waals surface area contributed by atoms with E-state index < -0.39 is 0 Å². The third-order valence-corrected chi connectivity index (χ3v) is 3.80. The zero-order valence-electron chi connectivity index (χ0n) is 8.81. The van der Waals surface area contributed by atoms with E-state index in [1.807, 2.05) is 6.07 Å². The van der Waals surface area contributed by atoms with E-state index in [1.165, 1.54) is 12.8 Å². The monoisotopic (exact) mass is 322 g/mol. The second-order valence-electron chi connectivity index (χ2n) is 4.09. The van der Waals surface area contributed by atoms with Gasteiger partial charge in [0.2, 0.25) is 0 Å². The highest BCUT2D eigenvalue weighted by Gasteiger charge is 2.21. The molecular formula is C12H13BrCl2O. The van der Waals surface area contributed by atoms with Gasteiger partial charge in [-0.05, 0) is 24.5 Å². The van der Waals surface area contributed by atoms with Gasteiger partial charge in [0.05, 0.1) is 11.6 Å². The molecule has 16 heavy (non-hydrogen) atoms. The third-order valence-electron chi connectivity index (χ3n) is 2.70. The Balaban J connectivity index is 2.04. The maximum Gasteiger partial charge on any atom is 0.142 e. The highest BCUT2D eigenvalue weighted by atomic mass is 79.9. The van der Waals surface area contributed by atoms with Crippen LogP contribution in [0, 0.1) is 5.92 Å². The van der Waals surface area contributed by atoms with Gasteiger partial charge in [-0.1, -0.05) is 52.0 Å². The summed E-state index contributed by atoms with van der Waals surface area (Å²) in [6.07, 6.45) is 3.83. The van der Waals surface area contributed by atoms with Crippen LogP contribution in [0.15, 0.2) is 12.1 Å². The number of alkyl halides is 1. The largest absolute Gasteiger partial charge is 0.492 e. The molecule has 1 aliphatic carbocycles. The molecule has 1 nitrogen and oxygen atoms in total. The average molecular weight is 324 g/mol. The normalized spacial score (nSPS) is 15.2. The molecule has 0 amide bonds. The number of rotatable bonds is 5. The fourth-order valence-corrected chi connectivity index (χ4v) is 2.62. The zero-order valence-corrected chi connectivity index (χ0v) is 11.9. The SMILES string of the molecule is Clc1cc(Cl)c(OCCC2CC2)c(CBr)c1. The average Bonchev–Trinajstić information content (AvgIpc) is 3.04. The van der Waals surface area contributed by atoms with E-state index >= 15 is 0 Å². The Morgan fingerprint density at radius 1 is 1.31 bits per heavy atom. The lowest BCUT2D eigenvalue weighted by atomic mass is 10.2. The van der Waals surface area contributed by atoms with Crippen LogP contribution in [0.4, 0.5) is 0 Å². The van der Waals surface area contributed by atoms with Crippen molar-refractivity contribution < 1.29 is 4.74 Å². The molecule has 1 aromatic rings. The Bertz CT molecular complexity index is 378. The lowest BCUT2D eigenvalue weighted by Crippen LogP contribution is -2.01. The molecule has 0 radical (unpaired) electrons. The molecule has 2 rings (SSSR count). The molecule has 0 heterocycles. The molecule has 0 unspecified atom stereocenters. The molecule has 0 bridgehead atoms. The van der Waals surface area contributed by atoms with Gasteiger partial charge >= 0.3 is 0 Å². The molecule has 0 atom stereocenters. The first-order chi connectivity index (χ1) is 7.70. The minimum Gasteiger partial charge on any atom is -0.492 e. The molecule has 1 fully saturated rings. The summed E-state index contributed by atoms with van der Waals surface area (Å²) < 4.78 is 5.74. The van der Waals surface area contributed by atoms with Crippen LogP contribution in [-0.2, 0) is 5.33 Å². The fraction of sp³-hybridized carbons (Fsp3) is 0.500. The van der Waals surface area contributed by atoms with Crippen molar-refractivity contribution in [3.63, 3.8) is 0 Å². The van der Waals surface area contributed by atoms with E-state index in [0.29, 0.717) is 15.4 Å². The van der Waals surface area contributed by atoms with E-state index in [4.69, 9.17) is 27.9 Å². The van der Waals surface area contributed by atoms with E-state index in [0.717, 1.165) is 30.3 Å². The van der Waals surface area contributed by atoms with Gasteiger partial charge in [-0.25, -0.2) is 0 Å². The molecule has 4 heteroatoms. The van der Waals surface area contributed by atoms with Crippen molar-refractivity contribution in [3.05, 3.63) is 27.7 Å². The zero-order chi connectivity index (χ0) is 11.5. The molecule has 1 saturated carbocycles. The third kappa shape index (κ3) is 3.28. The number of hydrogen-bond donors (Lipinski definition) is 0. The van der Waals surface area contributed by atoms with Gasteiger partial charge in [0.15, 0.2) is 0 Å². The smallest absolute Gasteiger partial charge is 0.142 e. The Labute approximate surface area is 114 Å². The molecule has 1 aromatic carbocycles. The van der Waals surface area contributed by atoms with Gasteiger partial charge < -0.3 is 4.74 Å². The number of ether oxygens (including phenoxy) is 1. The number of halogens is 3. The molecule has 0 aromatic heterocycles. The van der Waals surface area contributed by atoms with Crippen LogP contribution >= 0.6 is 39.1 Å². The summed E-state index contributed by atoms with van der Waals surface area (Å²) in [4.78, 5) is 0. The van der Waals surface area contributed by atoms with E-state index in [2.05, 4.69) is 15.9 Å². The molecule has 0 aliphatic heterocycles. The first-order valence-electron chi connectivity index (χ1n) is 5.37. The van der Waals surface area contributed by atoms with Crippen molar-refractivity contribution >= 4 is 39.1 Å². The molecule has 88 valence electrons. The maximum absolute atomic E-state index is 6.11. The molecule has 0 saturated heterocycles. The summed E-state index contributed by atoms with van der Waals surface area (Å²) in [5.41, 5.74) is 1.01. The molecule has 0 spiro atoms. The van der Waals surface area contributed by atoms with Crippen molar-refractivity contribution in [1.82, 2.24) is 0 Å². The predicted molar refractivity (Wildman–Crippen MR) is 71.9 cm³/mol. The van der Waals surface area contributed by atoms with Crippen LogP contribution < -0.4 is 4.74 Å². The maximum atomic E-state index is 6.11. The first kappa shape index (κ1) is 12.5. The number of hydrogen-bond acceptors (Lipinski definition) is 1. The summed E-state index contributed by atoms with van der Waals surface area (Å²) in [5, 5.41) is 1.94. The van der Waals surface area contributed by atoms with Crippen molar-refractivity contribution in [1.29, 1.82) is 0 Å². The van der Waals surface area contributed by atoms with Gasteiger partial charge in [0, 0.05) is 15.9 Å². The molecular weight excluding hydrogens is 311 g/mol. The highest BCUT2D eigenvalue weighted by Crippen LogP contribution is 2.36. The Morgan fingerprint density at radius 3 is 2.69 bits per heavy atom. The van der Waals surface area contributed by atoms with Crippen LogP contribution in [0.1, 0.15) is 24.8 Å². The van der Waals surface area contributed by atoms with Gasteiger partial charge in [-0.2, -0.15) is 0 Å². The van der Waals surface area contributed by atoms with Crippen LogP contribution in [0.5, 0.6) is 5.75 Å². The Hall–Kier alpha value is 0.0800.